The molecule has 0 bridgehead atoms. The van der Waals surface area contributed by atoms with Crippen LogP contribution in [0.5, 0.6) is 0 Å². The van der Waals surface area contributed by atoms with Crippen molar-refractivity contribution in [1.29, 1.82) is 0 Å². The average molecular weight is 604 g/mol. The van der Waals surface area contributed by atoms with Gasteiger partial charge in [-0.2, -0.15) is 0 Å². The van der Waals surface area contributed by atoms with Crippen molar-refractivity contribution in [2.24, 2.45) is 0 Å². The number of hydrogen-bond acceptors (Lipinski definition) is 4. The Morgan fingerprint density at radius 1 is 0.837 bits per heavy atom. The van der Waals surface area contributed by atoms with Gasteiger partial charge in [-0.1, -0.05) is 99.0 Å². The normalized spacial score (nSPS) is 14.6. The summed E-state index contributed by atoms with van der Waals surface area (Å²) in [6.45, 7) is 2.52. The molecule has 230 valence electrons. The van der Waals surface area contributed by atoms with Crippen molar-refractivity contribution in [2.45, 2.75) is 83.3 Å². The SMILES string of the molecule is CCc1ccc(N(CCCC(=O)N(Cc2ccccc2)C(Cc2ccccc2)C(=O)NC2CCCCC2)S(C)(=O)=O)cc1. The minimum absolute atomic E-state index is 0.119. The second-order valence-electron chi connectivity index (χ2n) is 11.5. The summed E-state index contributed by atoms with van der Waals surface area (Å²) in [7, 11) is -3.55. The first-order chi connectivity index (χ1) is 20.7. The molecule has 0 aliphatic heterocycles. The fourth-order valence-corrected chi connectivity index (χ4v) is 6.75. The van der Waals surface area contributed by atoms with Crippen LogP contribution in [0.15, 0.2) is 84.9 Å². The molecule has 4 rings (SSSR count). The molecule has 2 amide bonds. The number of hydrogen-bond donors (Lipinski definition) is 1. The number of anilines is 1. The Kier molecular flexibility index (Phi) is 11.8. The summed E-state index contributed by atoms with van der Waals surface area (Å²) in [5.74, 6) is -0.299. The van der Waals surface area contributed by atoms with Gasteiger partial charge in [-0.25, -0.2) is 8.42 Å². The Hall–Kier alpha value is -3.65. The summed E-state index contributed by atoms with van der Waals surface area (Å²) in [4.78, 5) is 29.6. The van der Waals surface area contributed by atoms with Crippen LogP contribution in [-0.2, 0) is 39.0 Å². The molecule has 43 heavy (non-hydrogen) atoms. The summed E-state index contributed by atoms with van der Waals surface area (Å²) in [5.41, 5.74) is 3.63. The van der Waals surface area contributed by atoms with Crippen LogP contribution in [0.3, 0.4) is 0 Å². The molecule has 3 aromatic rings. The van der Waals surface area contributed by atoms with E-state index in [2.05, 4.69) is 12.2 Å². The molecule has 7 nitrogen and oxygen atoms in total. The first-order valence-electron chi connectivity index (χ1n) is 15.5. The maximum atomic E-state index is 14.0. The fourth-order valence-electron chi connectivity index (χ4n) is 5.78. The molecule has 1 N–H and O–H groups in total. The summed E-state index contributed by atoms with van der Waals surface area (Å²) < 4.78 is 26.8. The lowest BCUT2D eigenvalue weighted by atomic mass is 9.94. The Balaban J connectivity index is 1.56. The van der Waals surface area contributed by atoms with Crippen molar-refractivity contribution in [1.82, 2.24) is 10.2 Å². The molecule has 0 aromatic heterocycles. The van der Waals surface area contributed by atoms with E-state index in [1.54, 1.807) is 4.90 Å². The number of sulfonamides is 1. The first-order valence-corrected chi connectivity index (χ1v) is 17.3. The second kappa shape index (κ2) is 15.7. The number of carbonyl (C=O) groups excluding carboxylic acids is 2. The minimum atomic E-state index is -3.55. The van der Waals surface area contributed by atoms with E-state index in [4.69, 9.17) is 0 Å². The first kappa shape index (κ1) is 32.3. The van der Waals surface area contributed by atoms with E-state index in [1.807, 2.05) is 84.9 Å². The van der Waals surface area contributed by atoms with Crippen LogP contribution in [0.4, 0.5) is 5.69 Å². The molecule has 1 fully saturated rings. The molecule has 1 aliphatic rings. The number of aryl methyl sites for hydroxylation is 1. The van der Waals surface area contributed by atoms with Crippen molar-refractivity contribution in [3.63, 3.8) is 0 Å². The van der Waals surface area contributed by atoms with Crippen molar-refractivity contribution in [2.75, 3.05) is 17.1 Å². The fraction of sp³-hybridized carbons (Fsp3) is 0.429. The third-order valence-electron chi connectivity index (χ3n) is 8.20. The van der Waals surface area contributed by atoms with E-state index >= 15 is 0 Å². The van der Waals surface area contributed by atoms with Gasteiger partial charge in [0, 0.05) is 32.0 Å². The quantitative estimate of drug-likeness (QED) is 0.249. The largest absolute Gasteiger partial charge is 0.352 e. The zero-order chi connectivity index (χ0) is 30.7. The van der Waals surface area contributed by atoms with E-state index in [9.17, 15) is 18.0 Å². The molecule has 0 heterocycles. The lowest BCUT2D eigenvalue weighted by Crippen LogP contribution is -2.52. The molecule has 8 heteroatoms. The van der Waals surface area contributed by atoms with Gasteiger partial charge < -0.3 is 10.2 Å². The molecular weight excluding hydrogens is 558 g/mol. The number of nitrogens with one attached hydrogen (secondary N) is 1. The maximum Gasteiger partial charge on any atom is 0.243 e. The lowest BCUT2D eigenvalue weighted by molar-refractivity contribution is -0.141. The van der Waals surface area contributed by atoms with E-state index in [-0.39, 0.29) is 30.8 Å². The third-order valence-corrected chi connectivity index (χ3v) is 9.40. The Morgan fingerprint density at radius 2 is 1.44 bits per heavy atom. The molecule has 1 saturated carbocycles. The van der Waals surface area contributed by atoms with Gasteiger partial charge in [0.2, 0.25) is 21.8 Å². The summed E-state index contributed by atoms with van der Waals surface area (Å²) in [5, 5.41) is 3.26. The second-order valence-corrected chi connectivity index (χ2v) is 13.4. The maximum absolute atomic E-state index is 14.0. The minimum Gasteiger partial charge on any atom is -0.352 e. The molecule has 1 atom stereocenters. The van der Waals surface area contributed by atoms with Gasteiger partial charge in [0.15, 0.2) is 0 Å². The molecule has 0 saturated heterocycles. The van der Waals surface area contributed by atoms with Gasteiger partial charge in [-0.05, 0) is 54.5 Å². The third kappa shape index (κ3) is 9.68. The van der Waals surface area contributed by atoms with E-state index in [1.165, 1.54) is 17.0 Å². The highest BCUT2D eigenvalue weighted by Gasteiger charge is 2.32. The van der Waals surface area contributed by atoms with E-state index in [0.29, 0.717) is 25.1 Å². The zero-order valence-corrected chi connectivity index (χ0v) is 26.3. The van der Waals surface area contributed by atoms with Crippen molar-refractivity contribution in [3.05, 3.63) is 102 Å². The van der Waals surface area contributed by atoms with Crippen LogP contribution < -0.4 is 9.62 Å². The average Bonchev–Trinajstić information content (AvgIpc) is 3.02. The summed E-state index contributed by atoms with van der Waals surface area (Å²) in [6, 6.07) is 26.4. The smallest absolute Gasteiger partial charge is 0.243 e. The van der Waals surface area contributed by atoms with Crippen molar-refractivity contribution < 1.29 is 18.0 Å². The van der Waals surface area contributed by atoms with E-state index < -0.39 is 16.1 Å². The Labute approximate surface area is 257 Å². The number of rotatable bonds is 14. The monoisotopic (exact) mass is 603 g/mol. The summed E-state index contributed by atoms with van der Waals surface area (Å²) in [6.07, 6.45) is 8.19. The van der Waals surface area contributed by atoms with Gasteiger partial charge in [0.05, 0.1) is 11.9 Å². The van der Waals surface area contributed by atoms with E-state index in [0.717, 1.165) is 48.8 Å². The van der Waals surface area contributed by atoms with Crippen LogP contribution >= 0.6 is 0 Å². The van der Waals surface area contributed by atoms with Gasteiger partial charge in [-0.3, -0.25) is 13.9 Å². The molecule has 0 radical (unpaired) electrons. The van der Waals surface area contributed by atoms with Gasteiger partial charge in [0.1, 0.15) is 6.04 Å². The predicted octanol–water partition coefficient (Wildman–Crippen LogP) is 5.88. The highest BCUT2D eigenvalue weighted by atomic mass is 32.2. The van der Waals surface area contributed by atoms with Crippen molar-refractivity contribution >= 4 is 27.5 Å². The highest BCUT2D eigenvalue weighted by molar-refractivity contribution is 7.92. The molecular formula is C35H45N3O4S. The molecule has 3 aromatic carbocycles. The van der Waals surface area contributed by atoms with Crippen LogP contribution in [-0.4, -0.2) is 50.0 Å². The Bertz CT molecular complexity index is 1410. The topological polar surface area (TPSA) is 86.8 Å². The van der Waals surface area contributed by atoms with Gasteiger partial charge in [0.25, 0.3) is 0 Å². The Morgan fingerprint density at radius 3 is 2.02 bits per heavy atom. The zero-order valence-electron chi connectivity index (χ0n) is 25.5. The molecule has 0 spiro atoms. The highest BCUT2D eigenvalue weighted by Crippen LogP contribution is 2.22. The lowest BCUT2D eigenvalue weighted by Gasteiger charge is -2.34. The van der Waals surface area contributed by atoms with Crippen LogP contribution in [0, 0.1) is 0 Å². The number of benzene rings is 3. The summed E-state index contributed by atoms with van der Waals surface area (Å²) >= 11 is 0. The van der Waals surface area contributed by atoms with Crippen LogP contribution in [0.1, 0.15) is 68.6 Å². The van der Waals surface area contributed by atoms with Crippen LogP contribution in [0.25, 0.3) is 0 Å². The number of amides is 2. The molecule has 1 unspecified atom stereocenters. The van der Waals surface area contributed by atoms with Crippen LogP contribution in [0.2, 0.25) is 0 Å². The van der Waals surface area contributed by atoms with Crippen molar-refractivity contribution in [3.8, 4) is 0 Å². The number of carbonyl (C=O) groups is 2. The van der Waals surface area contributed by atoms with Gasteiger partial charge >= 0.3 is 0 Å². The number of nitrogens with zero attached hydrogens (tertiary/aromatic N) is 2. The van der Waals surface area contributed by atoms with Gasteiger partial charge in [-0.15, -0.1) is 0 Å². The predicted molar refractivity (Wildman–Crippen MR) is 173 cm³/mol. The standard InChI is InChI=1S/C35H45N3O4S/c1-3-28-21-23-32(24-22-28)38(43(2,41)42)25-13-20-34(39)37(27-30-16-9-5-10-17-30)33(26-29-14-7-4-8-15-29)35(40)36-31-18-11-6-12-19-31/h4-5,7-10,14-17,21-24,31,33H,3,6,11-13,18-20,25-27H2,1-2H3,(H,36,40). The molecule has 1 aliphatic carbocycles.